The normalized spacial score (nSPS) is 16.3. The average Bonchev–Trinajstić information content (AvgIpc) is 3.63. The number of carbonyl (C=O) groups excluding carboxylic acids is 5. The highest BCUT2D eigenvalue weighted by Crippen LogP contribution is 2.33. The van der Waals surface area contributed by atoms with Crippen LogP contribution in [0.1, 0.15) is 139 Å². The van der Waals surface area contributed by atoms with E-state index in [1.807, 2.05) is 60.6 Å². The molecule has 63 heavy (non-hydrogen) atoms. The Kier molecular flexibility index (Phi) is 19.8. The second-order valence-electron chi connectivity index (χ2n) is 17.6. The molecular weight excluding hydrogens is 813 g/mol. The number of aldehydes is 1. The molecule has 0 spiro atoms. The van der Waals surface area contributed by atoms with Crippen LogP contribution in [-0.4, -0.2) is 113 Å². The van der Waals surface area contributed by atoms with Crippen molar-refractivity contribution in [2.75, 3.05) is 52.3 Å². The smallest absolute Gasteiger partial charge is 0.410 e. The maximum Gasteiger partial charge on any atom is 0.410 e. The summed E-state index contributed by atoms with van der Waals surface area (Å²) in [4.78, 5) is 77.6. The molecule has 5 rings (SSSR count). The van der Waals surface area contributed by atoms with Gasteiger partial charge in [0.1, 0.15) is 29.0 Å². The molecule has 1 N–H and O–H groups in total. The van der Waals surface area contributed by atoms with Gasteiger partial charge in [-0.1, -0.05) is 38.8 Å². The van der Waals surface area contributed by atoms with E-state index in [4.69, 9.17) is 19.2 Å². The first-order chi connectivity index (χ1) is 29.8. The number of nitrogens with one attached hydrogen (secondary N) is 1. The minimum Gasteiger partial charge on any atom is -0.465 e. The van der Waals surface area contributed by atoms with E-state index < -0.39 is 22.1 Å². The van der Waals surface area contributed by atoms with Gasteiger partial charge in [-0.3, -0.25) is 10.1 Å². The Morgan fingerprint density at radius 1 is 0.825 bits per heavy atom. The van der Waals surface area contributed by atoms with Crippen LogP contribution in [0.2, 0.25) is 0 Å². The zero-order chi connectivity index (χ0) is 46.9. The number of hydrogen-bond acceptors (Lipinski definition) is 13. The molecule has 0 bridgehead atoms. The lowest BCUT2D eigenvalue weighted by Crippen LogP contribution is -2.43. The van der Waals surface area contributed by atoms with Gasteiger partial charge >= 0.3 is 24.1 Å². The summed E-state index contributed by atoms with van der Waals surface area (Å²) in [6.07, 6.45) is 7.78. The summed E-state index contributed by atoms with van der Waals surface area (Å²) in [5, 5.41) is 13.9. The van der Waals surface area contributed by atoms with Gasteiger partial charge in [0.05, 0.1) is 41.3 Å². The molecule has 0 saturated carbocycles. The number of para-hydroxylation sites is 2. The lowest BCUT2D eigenvalue weighted by molar-refractivity contribution is -0.384. The highest BCUT2D eigenvalue weighted by Gasteiger charge is 2.32. The number of rotatable bonds is 12. The monoisotopic (exact) mass is 880 g/mol. The summed E-state index contributed by atoms with van der Waals surface area (Å²) in [7, 11) is 2.64. The molecule has 0 radical (unpaired) electrons. The van der Waals surface area contributed by atoms with E-state index in [-0.39, 0.29) is 46.9 Å². The number of esters is 2. The maximum absolute atomic E-state index is 12.6. The Hall–Kier alpha value is -5.74. The zero-order valence-corrected chi connectivity index (χ0v) is 38.8. The van der Waals surface area contributed by atoms with E-state index in [9.17, 15) is 34.1 Å². The third-order valence-electron chi connectivity index (χ3n) is 10.2. The summed E-state index contributed by atoms with van der Waals surface area (Å²) in [5.74, 6) is 0.0666. The Balaban J connectivity index is 0.000000273. The van der Waals surface area contributed by atoms with Gasteiger partial charge in [0.2, 0.25) is 0 Å². The number of anilines is 1. The number of nitro benzene ring substituents is 1. The number of ether oxygens (including phenoxy) is 4. The van der Waals surface area contributed by atoms with Crippen LogP contribution in [0.25, 0.3) is 11.0 Å². The Labute approximate surface area is 371 Å². The van der Waals surface area contributed by atoms with Crippen molar-refractivity contribution in [3.63, 3.8) is 0 Å². The van der Waals surface area contributed by atoms with Crippen LogP contribution in [0.15, 0.2) is 36.4 Å². The predicted molar refractivity (Wildman–Crippen MR) is 240 cm³/mol. The van der Waals surface area contributed by atoms with Crippen LogP contribution in [0.5, 0.6) is 0 Å². The highest BCUT2D eigenvalue weighted by atomic mass is 16.6. The van der Waals surface area contributed by atoms with E-state index in [1.54, 1.807) is 15.9 Å². The summed E-state index contributed by atoms with van der Waals surface area (Å²) in [6, 6.07) is 9.89. The van der Waals surface area contributed by atoms with Crippen molar-refractivity contribution >= 4 is 52.8 Å². The van der Waals surface area contributed by atoms with Crippen LogP contribution in [0, 0.1) is 16.0 Å². The molecule has 1 aromatic heterocycles. The first-order valence-electron chi connectivity index (χ1n) is 21.9. The van der Waals surface area contributed by atoms with Crippen LogP contribution < -0.4 is 5.32 Å². The predicted octanol–water partition coefficient (Wildman–Crippen LogP) is 9.16. The number of imidazole rings is 1. The molecule has 2 unspecified atom stereocenters. The van der Waals surface area contributed by atoms with Gasteiger partial charge in [-0.15, -0.1) is 0 Å². The number of nitro groups is 1. The SMILES string of the molecule is CC(C)(C)OC(=O)N1CCCC(C=O)C1.CCCCNc1c(C(=O)OC)cccc1[N+](=O)[O-].CCCCn1c(C2CCCN(C(=O)OC(C)(C)C)C2)nc2cccc(C(=O)OC)c21. The first-order valence-corrected chi connectivity index (χ1v) is 21.9. The number of aromatic nitrogens is 2. The van der Waals surface area contributed by atoms with Gasteiger partial charge < -0.3 is 43.4 Å². The van der Waals surface area contributed by atoms with Crippen molar-refractivity contribution in [3.05, 3.63) is 63.5 Å². The number of fused-ring (bicyclic) bond motifs is 1. The average molecular weight is 881 g/mol. The number of piperidine rings is 2. The van der Waals surface area contributed by atoms with E-state index >= 15 is 0 Å². The van der Waals surface area contributed by atoms with Gasteiger partial charge in [-0.25, -0.2) is 24.2 Å². The van der Waals surface area contributed by atoms with Crippen molar-refractivity contribution in [1.82, 2.24) is 19.4 Å². The van der Waals surface area contributed by atoms with E-state index in [0.29, 0.717) is 38.3 Å². The van der Waals surface area contributed by atoms with Gasteiger partial charge in [-0.2, -0.15) is 0 Å². The summed E-state index contributed by atoms with van der Waals surface area (Å²) < 4.78 is 22.6. The molecule has 2 saturated heterocycles. The Bertz CT molecular complexity index is 2020. The Morgan fingerprint density at radius 2 is 1.38 bits per heavy atom. The molecule has 348 valence electrons. The minimum atomic E-state index is -0.585. The van der Waals surface area contributed by atoms with Crippen molar-refractivity contribution in [2.24, 2.45) is 5.92 Å². The van der Waals surface area contributed by atoms with Crippen molar-refractivity contribution < 1.29 is 47.8 Å². The number of benzene rings is 2. The van der Waals surface area contributed by atoms with E-state index in [1.165, 1.54) is 32.4 Å². The van der Waals surface area contributed by atoms with Gasteiger partial charge in [0.25, 0.3) is 5.69 Å². The lowest BCUT2D eigenvalue weighted by Gasteiger charge is -2.34. The van der Waals surface area contributed by atoms with Crippen molar-refractivity contribution in [3.8, 4) is 0 Å². The van der Waals surface area contributed by atoms with Crippen LogP contribution >= 0.6 is 0 Å². The second kappa shape index (κ2) is 24.2. The number of carbonyl (C=O) groups is 5. The third kappa shape index (κ3) is 15.5. The van der Waals surface area contributed by atoms with Crippen LogP contribution in [0.3, 0.4) is 0 Å². The van der Waals surface area contributed by atoms with Gasteiger partial charge in [-0.05, 0) is 98.3 Å². The number of hydrogen-bond donors (Lipinski definition) is 1. The molecule has 17 nitrogen and oxygen atoms in total. The molecule has 3 aromatic rings. The summed E-state index contributed by atoms with van der Waals surface area (Å²) >= 11 is 0. The van der Waals surface area contributed by atoms with Crippen LogP contribution in [0.4, 0.5) is 21.0 Å². The second-order valence-corrected chi connectivity index (χ2v) is 17.6. The molecule has 2 atom stereocenters. The third-order valence-corrected chi connectivity index (χ3v) is 10.2. The van der Waals surface area contributed by atoms with Crippen molar-refractivity contribution in [2.45, 2.75) is 130 Å². The lowest BCUT2D eigenvalue weighted by atomic mass is 9.97. The molecule has 2 aromatic carbocycles. The fourth-order valence-corrected chi connectivity index (χ4v) is 7.17. The maximum atomic E-state index is 12.6. The van der Waals surface area contributed by atoms with E-state index in [2.05, 4.69) is 21.5 Å². The highest BCUT2D eigenvalue weighted by molar-refractivity contribution is 6.02. The number of methoxy groups -OCH3 is 2. The fourth-order valence-electron chi connectivity index (χ4n) is 7.17. The molecule has 17 heteroatoms. The standard InChI is InChI=1S/C23H33N3O4.C12H16N2O4.C11H19NO3/c1-6-7-14-26-19-17(21(27)29-5)11-8-12-18(19)24-20(26)16-10-9-13-25(15-16)22(28)30-23(2,3)4;1-3-4-8-13-11-9(12(15)18-2)6-5-7-10(11)14(16)17;1-11(2,3)15-10(14)12-6-4-5-9(7-12)8-13/h8,11-12,16H,6-7,9-10,13-15H2,1-5H3;5-7,13H,3-4,8H2,1-2H3;8-9H,4-7H2,1-3H3. The number of likely N-dealkylation sites (tertiary alicyclic amines) is 2. The molecular formula is C46H68N6O11. The summed E-state index contributed by atoms with van der Waals surface area (Å²) in [6.45, 7) is 19.1. The van der Waals surface area contributed by atoms with Gasteiger partial charge in [0, 0.05) is 57.2 Å². The molecule has 3 heterocycles. The molecule has 2 aliphatic heterocycles. The largest absolute Gasteiger partial charge is 0.465 e. The molecule has 2 amide bonds. The molecule has 2 aliphatic rings. The number of nitrogens with zero attached hydrogens (tertiary/aromatic N) is 5. The quantitative estimate of drug-likeness (QED) is 0.0451. The van der Waals surface area contributed by atoms with Crippen LogP contribution in [-0.2, 0) is 30.3 Å². The molecule has 2 fully saturated rings. The number of amides is 2. The topological polar surface area (TPSA) is 202 Å². The molecule has 0 aliphatic carbocycles. The number of unbranched alkanes of at least 4 members (excludes halogenated alkanes) is 2. The summed E-state index contributed by atoms with van der Waals surface area (Å²) in [5.41, 5.74) is 1.45. The zero-order valence-electron chi connectivity index (χ0n) is 38.8. The van der Waals surface area contributed by atoms with Gasteiger partial charge in [0.15, 0.2) is 0 Å². The fraction of sp³-hybridized carbons (Fsp3) is 0.609. The van der Waals surface area contributed by atoms with Crippen molar-refractivity contribution in [1.29, 1.82) is 0 Å². The Morgan fingerprint density at radius 3 is 1.94 bits per heavy atom. The number of aryl methyl sites for hydroxylation is 1. The first kappa shape index (κ1) is 51.6. The minimum absolute atomic E-state index is 0.0220. The van der Waals surface area contributed by atoms with E-state index in [0.717, 1.165) is 81.1 Å².